The molecule has 134 valence electrons. The van der Waals surface area contributed by atoms with Crippen LogP contribution in [0.4, 0.5) is 4.39 Å². The summed E-state index contributed by atoms with van der Waals surface area (Å²) in [5.41, 5.74) is 1.40. The minimum atomic E-state index is -0.278. The number of aryl methyl sites for hydroxylation is 1. The molecule has 1 aromatic heterocycles. The van der Waals surface area contributed by atoms with Gasteiger partial charge in [0.1, 0.15) is 5.82 Å². The topological polar surface area (TPSA) is 64.0 Å². The molecule has 0 bridgehead atoms. The Labute approximate surface area is 158 Å². The zero-order chi connectivity index (χ0) is 18.5. The second kappa shape index (κ2) is 8.23. The molecule has 1 heterocycles. The van der Waals surface area contributed by atoms with Crippen LogP contribution in [0.1, 0.15) is 12.0 Å². The summed E-state index contributed by atoms with van der Waals surface area (Å²) in [5.74, 6) is -0.424. The molecule has 0 saturated heterocycles. The molecule has 26 heavy (non-hydrogen) atoms. The van der Waals surface area contributed by atoms with Crippen LogP contribution in [0.3, 0.4) is 0 Å². The molecule has 0 aliphatic rings. The Morgan fingerprint density at radius 3 is 2.73 bits per heavy atom. The van der Waals surface area contributed by atoms with Crippen molar-refractivity contribution in [2.45, 2.75) is 19.4 Å². The van der Waals surface area contributed by atoms with Crippen molar-refractivity contribution in [3.63, 3.8) is 0 Å². The molecule has 3 rings (SSSR count). The van der Waals surface area contributed by atoms with Gasteiger partial charge in [-0.2, -0.15) is 0 Å². The van der Waals surface area contributed by atoms with Gasteiger partial charge in [-0.25, -0.2) is 9.37 Å². The van der Waals surface area contributed by atoms with E-state index in [9.17, 15) is 14.0 Å². The van der Waals surface area contributed by atoms with Gasteiger partial charge in [0.05, 0.1) is 17.2 Å². The number of carbonyl (C=O) groups excluding carboxylic acids is 1. The van der Waals surface area contributed by atoms with Crippen LogP contribution in [-0.4, -0.2) is 22.0 Å². The molecule has 0 aliphatic heterocycles. The average molecular weight is 418 g/mol. The van der Waals surface area contributed by atoms with Crippen molar-refractivity contribution < 1.29 is 9.18 Å². The van der Waals surface area contributed by atoms with E-state index >= 15 is 0 Å². The summed E-state index contributed by atoms with van der Waals surface area (Å²) in [7, 11) is 0. The number of nitrogens with zero attached hydrogens (tertiary/aromatic N) is 2. The van der Waals surface area contributed by atoms with Crippen molar-refractivity contribution in [2.24, 2.45) is 0 Å². The van der Waals surface area contributed by atoms with Crippen LogP contribution in [-0.2, 0) is 17.8 Å². The highest BCUT2D eigenvalue weighted by atomic mass is 79.9. The number of benzene rings is 2. The van der Waals surface area contributed by atoms with Crippen LogP contribution >= 0.6 is 15.9 Å². The fourth-order valence-corrected chi connectivity index (χ4v) is 2.96. The highest BCUT2D eigenvalue weighted by molar-refractivity contribution is 9.10. The Morgan fingerprint density at radius 2 is 1.96 bits per heavy atom. The minimum absolute atomic E-state index is 0.145. The van der Waals surface area contributed by atoms with Crippen molar-refractivity contribution in [1.82, 2.24) is 14.9 Å². The first-order valence-corrected chi connectivity index (χ1v) is 8.98. The fraction of sp³-hybridized carbons (Fsp3) is 0.211. The van der Waals surface area contributed by atoms with E-state index in [0.717, 1.165) is 10.0 Å². The zero-order valence-corrected chi connectivity index (χ0v) is 15.5. The average Bonchev–Trinajstić information content (AvgIpc) is 2.63. The Bertz CT molecular complexity index is 986. The molecule has 0 atom stereocenters. The maximum absolute atomic E-state index is 12.8. The molecule has 0 fully saturated rings. The molecule has 0 radical (unpaired) electrons. The van der Waals surface area contributed by atoms with Gasteiger partial charge in [-0.1, -0.05) is 28.1 Å². The number of halogens is 2. The van der Waals surface area contributed by atoms with E-state index in [4.69, 9.17) is 0 Å². The molecule has 7 heteroatoms. The van der Waals surface area contributed by atoms with Crippen LogP contribution < -0.4 is 10.9 Å². The second-order valence-corrected chi connectivity index (χ2v) is 6.80. The summed E-state index contributed by atoms with van der Waals surface area (Å²) in [5, 5.41) is 3.32. The lowest BCUT2D eigenvalue weighted by atomic mass is 10.1. The second-order valence-electron chi connectivity index (χ2n) is 5.88. The first-order chi connectivity index (χ1) is 12.5. The van der Waals surface area contributed by atoms with Gasteiger partial charge in [0, 0.05) is 24.0 Å². The van der Waals surface area contributed by atoms with Crippen molar-refractivity contribution in [3.8, 4) is 0 Å². The molecule has 0 aliphatic carbocycles. The third kappa shape index (κ3) is 4.54. The Kier molecular flexibility index (Phi) is 5.78. The summed E-state index contributed by atoms with van der Waals surface area (Å²) >= 11 is 3.34. The smallest absolute Gasteiger partial charge is 0.261 e. The maximum Gasteiger partial charge on any atom is 0.261 e. The molecule has 2 aromatic carbocycles. The van der Waals surface area contributed by atoms with Gasteiger partial charge in [0.15, 0.2) is 0 Å². The van der Waals surface area contributed by atoms with Crippen molar-refractivity contribution in [1.29, 1.82) is 0 Å². The molecular weight excluding hydrogens is 401 g/mol. The van der Waals surface area contributed by atoms with Gasteiger partial charge < -0.3 is 5.32 Å². The lowest BCUT2D eigenvalue weighted by molar-refractivity contribution is -0.121. The molecule has 3 aromatic rings. The molecule has 0 unspecified atom stereocenters. The first-order valence-electron chi connectivity index (χ1n) is 8.19. The SMILES string of the molecule is O=C(CCn1cnc2ccc(Br)cc2c1=O)NCCc1ccc(F)cc1. The summed E-state index contributed by atoms with van der Waals surface area (Å²) in [4.78, 5) is 28.7. The molecule has 5 nitrogen and oxygen atoms in total. The van der Waals surface area contributed by atoms with Crippen LogP contribution in [0.25, 0.3) is 10.9 Å². The number of aromatic nitrogens is 2. The molecular formula is C19H17BrFN3O2. The van der Waals surface area contributed by atoms with Crippen LogP contribution in [0.2, 0.25) is 0 Å². The highest BCUT2D eigenvalue weighted by Gasteiger charge is 2.07. The Hall–Kier alpha value is -2.54. The van der Waals surface area contributed by atoms with E-state index in [-0.39, 0.29) is 30.2 Å². The van der Waals surface area contributed by atoms with Crippen molar-refractivity contribution in [3.05, 3.63) is 75.0 Å². The number of nitrogens with one attached hydrogen (secondary N) is 1. The van der Waals surface area contributed by atoms with Gasteiger partial charge in [-0.05, 0) is 42.3 Å². The Morgan fingerprint density at radius 1 is 1.19 bits per heavy atom. The van der Waals surface area contributed by atoms with Gasteiger partial charge >= 0.3 is 0 Å². The quantitative estimate of drug-likeness (QED) is 0.670. The van der Waals surface area contributed by atoms with Gasteiger partial charge in [-0.3, -0.25) is 14.2 Å². The monoisotopic (exact) mass is 417 g/mol. The highest BCUT2D eigenvalue weighted by Crippen LogP contribution is 2.14. The van der Waals surface area contributed by atoms with Gasteiger partial charge in [0.25, 0.3) is 5.56 Å². The standard InChI is InChI=1S/C19H17BrFN3O2/c20-14-3-6-17-16(11-14)19(26)24(12-23-17)10-8-18(25)22-9-7-13-1-4-15(21)5-2-13/h1-6,11-12H,7-10H2,(H,22,25). The number of hydrogen-bond donors (Lipinski definition) is 1. The molecule has 0 spiro atoms. The van der Waals surface area contributed by atoms with E-state index in [0.29, 0.717) is 23.9 Å². The van der Waals surface area contributed by atoms with E-state index in [1.807, 2.05) is 6.07 Å². The predicted octanol–water partition coefficient (Wildman–Crippen LogP) is 3.05. The number of amides is 1. The van der Waals surface area contributed by atoms with Gasteiger partial charge in [-0.15, -0.1) is 0 Å². The first kappa shape index (κ1) is 18.3. The summed E-state index contributed by atoms with van der Waals surface area (Å²) in [6.45, 7) is 0.721. The van der Waals surface area contributed by atoms with E-state index < -0.39 is 0 Å². The molecule has 0 saturated carbocycles. The number of carbonyl (C=O) groups is 1. The Balaban J connectivity index is 1.54. The molecule has 1 N–H and O–H groups in total. The van der Waals surface area contributed by atoms with Crippen molar-refractivity contribution >= 4 is 32.7 Å². The third-order valence-corrected chi connectivity index (χ3v) is 4.51. The van der Waals surface area contributed by atoms with Crippen LogP contribution in [0.5, 0.6) is 0 Å². The summed E-state index contributed by atoms with van der Waals surface area (Å²) in [6, 6.07) is 11.5. The molecule has 1 amide bonds. The van der Waals surface area contributed by atoms with E-state index in [2.05, 4.69) is 26.2 Å². The lowest BCUT2D eigenvalue weighted by Gasteiger charge is -2.08. The largest absolute Gasteiger partial charge is 0.356 e. The normalized spacial score (nSPS) is 10.8. The number of hydrogen-bond acceptors (Lipinski definition) is 3. The summed E-state index contributed by atoms with van der Waals surface area (Å²) in [6.07, 6.45) is 2.27. The van der Waals surface area contributed by atoms with Crippen molar-refractivity contribution in [2.75, 3.05) is 6.54 Å². The maximum atomic E-state index is 12.8. The lowest BCUT2D eigenvalue weighted by Crippen LogP contribution is -2.29. The zero-order valence-electron chi connectivity index (χ0n) is 13.9. The summed E-state index contributed by atoms with van der Waals surface area (Å²) < 4.78 is 15.1. The minimum Gasteiger partial charge on any atom is -0.356 e. The fourth-order valence-electron chi connectivity index (χ4n) is 2.60. The number of rotatable bonds is 6. The number of fused-ring (bicyclic) bond motifs is 1. The van der Waals surface area contributed by atoms with E-state index in [1.165, 1.54) is 23.0 Å². The van der Waals surface area contributed by atoms with Crippen LogP contribution in [0.15, 0.2) is 58.1 Å². The third-order valence-electron chi connectivity index (χ3n) is 4.01. The van der Waals surface area contributed by atoms with Gasteiger partial charge in [0.2, 0.25) is 5.91 Å². The predicted molar refractivity (Wildman–Crippen MR) is 101 cm³/mol. The van der Waals surface area contributed by atoms with E-state index in [1.54, 1.807) is 24.3 Å². The van der Waals surface area contributed by atoms with Crippen LogP contribution in [0, 0.1) is 5.82 Å².